The first-order chi connectivity index (χ1) is 16.1. The number of pyridine rings is 2. The van der Waals surface area contributed by atoms with Gasteiger partial charge >= 0.3 is 0 Å². The number of sulfonamides is 1. The molecule has 3 aromatic rings. The third-order valence-corrected chi connectivity index (χ3v) is 7.65. The van der Waals surface area contributed by atoms with Crippen LogP contribution in [0.15, 0.2) is 59.6 Å². The first kappa shape index (κ1) is 24.1. The molecule has 0 saturated carbocycles. The lowest BCUT2D eigenvalue weighted by Crippen LogP contribution is -2.48. The first-order valence-electron chi connectivity index (χ1n) is 11.2. The van der Waals surface area contributed by atoms with Gasteiger partial charge in [0.25, 0.3) is 10.0 Å². The molecule has 34 heavy (non-hydrogen) atoms. The number of benzene rings is 1. The minimum atomic E-state index is -3.99. The highest BCUT2D eigenvalue weighted by molar-refractivity contribution is 7.92. The highest BCUT2D eigenvalue weighted by Gasteiger charge is 2.37. The van der Waals surface area contributed by atoms with Crippen LogP contribution in [0.4, 0.5) is 11.6 Å². The molecule has 1 saturated heterocycles. The summed E-state index contributed by atoms with van der Waals surface area (Å²) in [6.45, 7) is 6.76. The third-order valence-electron chi connectivity index (χ3n) is 6.40. The Kier molecular flexibility index (Phi) is 6.62. The molecule has 0 radical (unpaired) electrons. The van der Waals surface area contributed by atoms with Crippen LogP contribution in [0.5, 0.6) is 0 Å². The Morgan fingerprint density at radius 2 is 1.76 bits per heavy atom. The zero-order valence-electron chi connectivity index (χ0n) is 19.6. The molecule has 3 N–H and O–H groups in total. The Morgan fingerprint density at radius 1 is 1.00 bits per heavy atom. The summed E-state index contributed by atoms with van der Waals surface area (Å²) in [6, 6.07) is 16.1. The summed E-state index contributed by atoms with van der Waals surface area (Å²) < 4.78 is 28.9. The van der Waals surface area contributed by atoms with Crippen molar-refractivity contribution in [2.75, 3.05) is 22.7 Å². The summed E-state index contributed by atoms with van der Waals surface area (Å²) in [5.74, 6) is 0.692. The highest BCUT2D eigenvalue weighted by atomic mass is 32.2. The molecule has 1 aliphatic rings. The van der Waals surface area contributed by atoms with E-state index in [9.17, 15) is 18.6 Å². The maximum atomic E-state index is 13.2. The standard InChI is InChI=1S/C25H30N4O4S/c1-17-8-4-5-9-19(17)23-18(2)12-13-20(26-23)28-34(32,33)22-11-6-10-21(27-22)29-15-7-14-25(3,16-29)24(30)31/h4-6,8-13,24,30-31H,7,14-16H2,1-3H3,(H,26,28)/t25-/m1/s1. The number of aliphatic hydroxyl groups is 2. The minimum absolute atomic E-state index is 0.123. The number of nitrogens with zero attached hydrogens (tertiary/aromatic N) is 3. The second-order valence-electron chi connectivity index (χ2n) is 9.17. The van der Waals surface area contributed by atoms with Gasteiger partial charge in [0.2, 0.25) is 0 Å². The van der Waals surface area contributed by atoms with E-state index in [4.69, 9.17) is 0 Å². The van der Waals surface area contributed by atoms with Gasteiger partial charge in [-0.1, -0.05) is 43.3 Å². The number of nitrogens with one attached hydrogen (secondary N) is 1. The fourth-order valence-corrected chi connectivity index (χ4v) is 5.26. The number of piperidine rings is 1. The summed E-state index contributed by atoms with van der Waals surface area (Å²) >= 11 is 0. The second kappa shape index (κ2) is 9.32. The first-order valence-corrected chi connectivity index (χ1v) is 12.7. The van der Waals surface area contributed by atoms with E-state index in [0.717, 1.165) is 28.8 Å². The van der Waals surface area contributed by atoms with Crippen molar-refractivity contribution < 1.29 is 18.6 Å². The van der Waals surface area contributed by atoms with Crippen LogP contribution in [-0.4, -0.2) is 48.0 Å². The predicted molar refractivity (Wildman–Crippen MR) is 132 cm³/mol. The molecule has 0 bridgehead atoms. The van der Waals surface area contributed by atoms with Crippen LogP contribution in [0, 0.1) is 19.3 Å². The van der Waals surface area contributed by atoms with Crippen LogP contribution in [0.3, 0.4) is 0 Å². The van der Waals surface area contributed by atoms with Gasteiger partial charge < -0.3 is 15.1 Å². The largest absolute Gasteiger partial charge is 0.368 e. The lowest BCUT2D eigenvalue weighted by Gasteiger charge is -2.42. The lowest BCUT2D eigenvalue weighted by atomic mass is 9.81. The monoisotopic (exact) mass is 482 g/mol. The Bertz CT molecular complexity index is 1300. The molecule has 0 unspecified atom stereocenters. The summed E-state index contributed by atoms with van der Waals surface area (Å²) in [4.78, 5) is 10.9. The number of rotatable bonds is 6. The lowest BCUT2D eigenvalue weighted by molar-refractivity contribution is -0.131. The highest BCUT2D eigenvalue weighted by Crippen LogP contribution is 2.34. The van der Waals surface area contributed by atoms with Gasteiger partial charge in [0.05, 0.1) is 5.69 Å². The van der Waals surface area contributed by atoms with Crippen molar-refractivity contribution in [2.45, 2.75) is 44.9 Å². The van der Waals surface area contributed by atoms with Crippen molar-refractivity contribution in [1.82, 2.24) is 9.97 Å². The fourth-order valence-electron chi connectivity index (χ4n) is 4.29. The normalized spacial score (nSPS) is 18.8. The molecule has 1 aliphatic heterocycles. The van der Waals surface area contributed by atoms with Crippen molar-refractivity contribution >= 4 is 21.7 Å². The fraction of sp³-hybridized carbons (Fsp3) is 0.360. The SMILES string of the molecule is Cc1ccccc1-c1nc(NS(=O)(=O)c2cccc(N3CCC[C@@](C)(C(O)O)C3)n2)ccc1C. The number of hydrogen-bond acceptors (Lipinski definition) is 7. The van der Waals surface area contributed by atoms with Gasteiger partial charge in [-0.15, -0.1) is 0 Å². The van der Waals surface area contributed by atoms with Crippen molar-refractivity contribution in [1.29, 1.82) is 0 Å². The number of aliphatic hydroxyl groups excluding tert-OH is 1. The molecule has 0 aliphatic carbocycles. The summed E-state index contributed by atoms with van der Waals surface area (Å²) in [5, 5.41) is 19.4. The van der Waals surface area contributed by atoms with Crippen LogP contribution >= 0.6 is 0 Å². The van der Waals surface area contributed by atoms with Crippen LogP contribution in [-0.2, 0) is 10.0 Å². The number of aromatic nitrogens is 2. The van der Waals surface area contributed by atoms with Gasteiger partial charge in [0.1, 0.15) is 11.6 Å². The molecule has 0 amide bonds. The van der Waals surface area contributed by atoms with Gasteiger partial charge in [-0.3, -0.25) is 4.72 Å². The maximum Gasteiger partial charge on any atom is 0.280 e. The molecule has 9 heteroatoms. The molecular formula is C25H30N4O4S. The zero-order chi connectivity index (χ0) is 24.5. The molecule has 1 fully saturated rings. The molecular weight excluding hydrogens is 452 g/mol. The molecule has 3 heterocycles. The predicted octanol–water partition coefficient (Wildman–Crippen LogP) is 3.48. The minimum Gasteiger partial charge on any atom is -0.368 e. The van der Waals surface area contributed by atoms with E-state index < -0.39 is 21.7 Å². The van der Waals surface area contributed by atoms with Crippen LogP contribution in [0.2, 0.25) is 0 Å². The topological polar surface area (TPSA) is 116 Å². The maximum absolute atomic E-state index is 13.2. The zero-order valence-corrected chi connectivity index (χ0v) is 20.4. The molecule has 4 rings (SSSR count). The van der Waals surface area contributed by atoms with E-state index in [1.165, 1.54) is 6.07 Å². The van der Waals surface area contributed by atoms with Crippen molar-refractivity contribution in [3.8, 4) is 11.3 Å². The van der Waals surface area contributed by atoms with Crippen molar-refractivity contribution in [3.05, 3.63) is 65.7 Å². The Labute approximate surface area is 200 Å². The summed E-state index contributed by atoms with van der Waals surface area (Å²) in [7, 11) is -3.99. The third kappa shape index (κ3) is 4.91. The smallest absolute Gasteiger partial charge is 0.280 e. The van der Waals surface area contributed by atoms with Crippen LogP contribution in [0.25, 0.3) is 11.3 Å². The Morgan fingerprint density at radius 3 is 2.50 bits per heavy atom. The summed E-state index contributed by atoms with van der Waals surface area (Å²) in [5.41, 5.74) is 2.95. The van der Waals surface area contributed by atoms with E-state index in [1.807, 2.05) is 49.1 Å². The Hall–Kier alpha value is -3.01. The average molecular weight is 483 g/mol. The number of anilines is 2. The Balaban J connectivity index is 1.61. The molecule has 1 aromatic carbocycles. The molecule has 0 spiro atoms. The van der Waals surface area contributed by atoms with Gasteiger partial charge in [-0.2, -0.15) is 8.42 Å². The molecule has 180 valence electrons. The quantitative estimate of drug-likeness (QED) is 0.461. The van der Waals surface area contributed by atoms with Crippen LogP contribution in [0.1, 0.15) is 30.9 Å². The van der Waals surface area contributed by atoms with Gasteiger partial charge in [0, 0.05) is 24.1 Å². The van der Waals surface area contributed by atoms with Gasteiger partial charge in [-0.05, 0) is 56.0 Å². The van der Waals surface area contributed by atoms with Crippen molar-refractivity contribution in [3.63, 3.8) is 0 Å². The van der Waals surface area contributed by atoms with Gasteiger partial charge in [-0.25, -0.2) is 9.97 Å². The van der Waals surface area contributed by atoms with Gasteiger partial charge in [0.15, 0.2) is 11.3 Å². The number of hydrogen-bond donors (Lipinski definition) is 3. The van der Waals surface area contributed by atoms with E-state index in [-0.39, 0.29) is 10.8 Å². The van der Waals surface area contributed by atoms with E-state index in [0.29, 0.717) is 25.3 Å². The number of aryl methyl sites for hydroxylation is 2. The molecule has 1 atom stereocenters. The van der Waals surface area contributed by atoms with Crippen LogP contribution < -0.4 is 9.62 Å². The molecule has 2 aromatic heterocycles. The van der Waals surface area contributed by atoms with E-state index in [1.54, 1.807) is 25.1 Å². The van der Waals surface area contributed by atoms with E-state index in [2.05, 4.69) is 14.7 Å². The van der Waals surface area contributed by atoms with E-state index >= 15 is 0 Å². The average Bonchev–Trinajstić information content (AvgIpc) is 2.81. The summed E-state index contributed by atoms with van der Waals surface area (Å²) in [6.07, 6.45) is -0.0397. The molecule has 8 nitrogen and oxygen atoms in total. The van der Waals surface area contributed by atoms with Crippen molar-refractivity contribution in [2.24, 2.45) is 5.41 Å². The second-order valence-corrected chi connectivity index (χ2v) is 10.8.